The smallest absolute Gasteiger partial charge is 1.00 e. The van der Waals surface area contributed by atoms with Crippen LogP contribution >= 0.6 is 11.6 Å². The van der Waals surface area contributed by atoms with Crippen molar-refractivity contribution in [2.24, 2.45) is 9.98 Å². The van der Waals surface area contributed by atoms with Gasteiger partial charge < -0.3 is 24.8 Å². The molecule has 1 aromatic heterocycles. The van der Waals surface area contributed by atoms with Crippen LogP contribution in [-0.4, -0.2) is 17.4 Å². The predicted octanol–water partition coefficient (Wildman–Crippen LogP) is 3.67. The van der Waals surface area contributed by atoms with Crippen molar-refractivity contribution in [3.63, 3.8) is 0 Å². The zero-order valence-electron chi connectivity index (χ0n) is 24.7. The Morgan fingerprint density at radius 2 is 0.900 bits per heavy atom. The SMILES string of the molecule is CCCc1cc(C)cc(CCC)c1N=Cc1cc(Cl)cc(C=Nc2c(CCC)cc(C)cc2CCC)n1.[Cl-].[Cl-].[V+2]. The second kappa shape index (κ2) is 19.5. The molecule has 0 fully saturated rings. The van der Waals surface area contributed by atoms with Gasteiger partial charge in [-0.1, -0.05) is 100 Å². The van der Waals surface area contributed by atoms with Crippen molar-refractivity contribution in [1.29, 1.82) is 0 Å². The summed E-state index contributed by atoms with van der Waals surface area (Å²) < 4.78 is 0. The van der Waals surface area contributed by atoms with Crippen molar-refractivity contribution in [2.45, 2.75) is 92.9 Å². The number of aromatic nitrogens is 1. The molecule has 0 amide bonds. The van der Waals surface area contributed by atoms with E-state index in [4.69, 9.17) is 26.6 Å². The van der Waals surface area contributed by atoms with E-state index in [0.717, 1.165) is 74.1 Å². The monoisotopic (exact) mass is 636 g/mol. The first-order valence-corrected chi connectivity index (χ1v) is 14.3. The number of pyridine rings is 1. The first kappa shape index (κ1) is 38.4. The van der Waals surface area contributed by atoms with Crippen molar-refractivity contribution in [3.05, 3.63) is 86.2 Å². The van der Waals surface area contributed by atoms with Crippen molar-refractivity contribution in [2.75, 3.05) is 0 Å². The Morgan fingerprint density at radius 1 is 0.600 bits per heavy atom. The summed E-state index contributed by atoms with van der Waals surface area (Å²) in [5.74, 6) is 0. The van der Waals surface area contributed by atoms with Gasteiger partial charge in [-0.25, -0.2) is 4.98 Å². The summed E-state index contributed by atoms with van der Waals surface area (Å²) in [6.45, 7) is 13.2. The van der Waals surface area contributed by atoms with E-state index in [2.05, 4.69) is 65.8 Å². The molecule has 0 aliphatic heterocycles. The van der Waals surface area contributed by atoms with E-state index in [1.165, 1.54) is 33.4 Å². The second-order valence-electron chi connectivity index (χ2n) is 10.0. The number of hydrogen-bond donors (Lipinski definition) is 0. The van der Waals surface area contributed by atoms with Gasteiger partial charge in [-0.15, -0.1) is 0 Å². The third-order valence-corrected chi connectivity index (χ3v) is 6.60. The summed E-state index contributed by atoms with van der Waals surface area (Å²) in [6.07, 6.45) is 12.1. The van der Waals surface area contributed by atoms with Gasteiger partial charge in [0.15, 0.2) is 0 Å². The molecule has 215 valence electrons. The molecule has 0 aliphatic rings. The van der Waals surface area contributed by atoms with E-state index < -0.39 is 0 Å². The maximum Gasteiger partial charge on any atom is 2.00 e. The van der Waals surface area contributed by atoms with E-state index in [9.17, 15) is 0 Å². The van der Waals surface area contributed by atoms with Gasteiger partial charge in [-0.2, -0.15) is 0 Å². The minimum atomic E-state index is 0. The number of aliphatic imine (C=N–C) groups is 2. The molecule has 0 N–H and O–H groups in total. The van der Waals surface area contributed by atoms with Crippen molar-refractivity contribution >= 4 is 35.4 Å². The molecule has 0 saturated carbocycles. The third-order valence-electron chi connectivity index (χ3n) is 6.38. The number of hydrogen-bond acceptors (Lipinski definition) is 3. The van der Waals surface area contributed by atoms with E-state index in [1.54, 1.807) is 0 Å². The van der Waals surface area contributed by atoms with Crippen LogP contribution in [-0.2, 0) is 44.2 Å². The van der Waals surface area contributed by atoms with Crippen LogP contribution in [0.4, 0.5) is 11.4 Å². The van der Waals surface area contributed by atoms with Gasteiger partial charge in [0.1, 0.15) is 0 Å². The Balaban J connectivity index is 0.00000507. The molecular formula is C33H42Cl3N3V. The molecule has 0 bridgehead atoms. The van der Waals surface area contributed by atoms with Gasteiger partial charge in [0.25, 0.3) is 0 Å². The van der Waals surface area contributed by atoms with E-state index >= 15 is 0 Å². The largest absolute Gasteiger partial charge is 2.00 e. The first-order chi connectivity index (χ1) is 17.9. The first-order valence-electron chi connectivity index (χ1n) is 13.9. The fraction of sp³-hybridized carbons (Fsp3) is 0.424. The van der Waals surface area contributed by atoms with Crippen molar-refractivity contribution < 1.29 is 43.4 Å². The molecule has 0 aliphatic carbocycles. The van der Waals surface area contributed by atoms with Crippen LogP contribution in [0, 0.1) is 13.8 Å². The summed E-state index contributed by atoms with van der Waals surface area (Å²) in [7, 11) is 0. The molecule has 1 heterocycles. The molecule has 7 heteroatoms. The molecule has 0 unspecified atom stereocenters. The topological polar surface area (TPSA) is 37.6 Å². The zero-order chi connectivity index (χ0) is 26.8. The number of aryl methyl sites for hydroxylation is 6. The van der Waals surface area contributed by atoms with Crippen LogP contribution in [0.1, 0.15) is 98.1 Å². The molecule has 40 heavy (non-hydrogen) atoms. The fourth-order valence-electron chi connectivity index (χ4n) is 4.97. The maximum absolute atomic E-state index is 6.52. The Hall–Kier alpha value is -1.62. The second-order valence-corrected chi connectivity index (χ2v) is 10.5. The van der Waals surface area contributed by atoms with Crippen LogP contribution < -0.4 is 24.8 Å². The minimum absolute atomic E-state index is 0. The molecular weight excluding hydrogens is 596 g/mol. The quantitative estimate of drug-likeness (QED) is 0.280. The van der Waals surface area contributed by atoms with Crippen LogP contribution in [0.15, 0.2) is 46.4 Å². The minimum Gasteiger partial charge on any atom is -1.00 e. The standard InChI is InChI=1S/C33H42ClN3.2ClH.V/c1-7-11-25-15-23(5)16-26(12-8-2)32(25)35-21-30-19-29(34)20-31(37-30)22-36-33-27(13-9-3)17-24(6)18-28(33)14-10-4;;;/h15-22H,7-14H2,1-6H3;2*1H;/q;;;+2/p-2. The van der Waals surface area contributed by atoms with Crippen LogP contribution in [0.25, 0.3) is 0 Å². The Morgan fingerprint density at radius 3 is 1.18 bits per heavy atom. The van der Waals surface area contributed by atoms with E-state index in [0.29, 0.717) is 5.02 Å². The average Bonchev–Trinajstić information content (AvgIpc) is 2.83. The number of halogens is 3. The summed E-state index contributed by atoms with van der Waals surface area (Å²) in [5, 5.41) is 0.635. The van der Waals surface area contributed by atoms with E-state index in [-0.39, 0.29) is 43.4 Å². The van der Waals surface area contributed by atoms with E-state index in [1.807, 2.05) is 24.6 Å². The van der Waals surface area contributed by atoms with Gasteiger partial charge >= 0.3 is 18.6 Å². The summed E-state index contributed by atoms with van der Waals surface area (Å²) in [6, 6.07) is 12.8. The molecule has 3 nitrogen and oxygen atoms in total. The summed E-state index contributed by atoms with van der Waals surface area (Å²) in [5.41, 5.74) is 11.5. The van der Waals surface area contributed by atoms with Crippen LogP contribution in [0.2, 0.25) is 5.02 Å². The predicted molar refractivity (Wildman–Crippen MR) is 162 cm³/mol. The molecule has 0 atom stereocenters. The number of nitrogens with zero attached hydrogens (tertiary/aromatic N) is 3. The van der Waals surface area contributed by atoms with Crippen LogP contribution in [0.3, 0.4) is 0 Å². The summed E-state index contributed by atoms with van der Waals surface area (Å²) >= 11 is 6.52. The number of rotatable bonds is 12. The van der Waals surface area contributed by atoms with Gasteiger partial charge in [-0.05, 0) is 73.9 Å². The van der Waals surface area contributed by atoms with Gasteiger partial charge in [-0.3, -0.25) is 9.98 Å². The molecule has 0 spiro atoms. The molecule has 0 saturated heterocycles. The zero-order valence-corrected chi connectivity index (χ0v) is 28.4. The van der Waals surface area contributed by atoms with Crippen LogP contribution in [0.5, 0.6) is 0 Å². The Bertz CT molecular complexity index is 1120. The molecule has 1 radical (unpaired) electrons. The Labute approximate surface area is 271 Å². The normalized spacial score (nSPS) is 10.9. The van der Waals surface area contributed by atoms with Gasteiger partial charge in [0, 0.05) is 5.02 Å². The summed E-state index contributed by atoms with van der Waals surface area (Å²) in [4.78, 5) is 14.7. The maximum atomic E-state index is 6.52. The van der Waals surface area contributed by atoms with Crippen molar-refractivity contribution in [1.82, 2.24) is 4.98 Å². The number of benzene rings is 2. The average molecular weight is 638 g/mol. The Kier molecular flexibility index (Phi) is 18.7. The van der Waals surface area contributed by atoms with Crippen molar-refractivity contribution in [3.8, 4) is 0 Å². The fourth-order valence-corrected chi connectivity index (χ4v) is 5.19. The third kappa shape index (κ3) is 11.0. The van der Waals surface area contributed by atoms with Gasteiger partial charge in [0.05, 0.1) is 35.2 Å². The van der Waals surface area contributed by atoms with Gasteiger partial charge in [0.2, 0.25) is 0 Å². The molecule has 3 aromatic rings. The molecule has 2 aromatic carbocycles. The molecule has 3 rings (SSSR count).